The Morgan fingerprint density at radius 3 is 2.53 bits per heavy atom. The lowest BCUT2D eigenvalue weighted by molar-refractivity contribution is -0.172. The monoisotopic (exact) mass is 288 g/mol. The SMILES string of the molecule is C#CCC(C(=O)O)(C(=O)OCC)C1CCS(=O)(=O)C1. The van der Waals surface area contributed by atoms with Crippen LogP contribution in [0.1, 0.15) is 19.8 Å². The molecule has 0 aliphatic carbocycles. The molecule has 0 aromatic rings. The summed E-state index contributed by atoms with van der Waals surface area (Å²) in [6, 6.07) is 0. The number of ether oxygens (including phenoxy) is 1. The molecule has 106 valence electrons. The standard InChI is InChI=1S/C12H16O6S/c1-3-6-12(10(13)14,11(15)18-4-2)9-5-7-19(16,17)8-9/h1,9H,4-8H2,2H3,(H,13,14). The van der Waals surface area contributed by atoms with E-state index >= 15 is 0 Å². The quantitative estimate of drug-likeness (QED) is 0.437. The number of aliphatic carboxylic acids is 1. The first-order chi connectivity index (χ1) is 8.80. The number of rotatable bonds is 5. The molecule has 2 atom stereocenters. The summed E-state index contributed by atoms with van der Waals surface area (Å²) in [5.74, 6) is -1.54. The number of carboxylic acid groups (broad SMARTS) is 1. The second kappa shape index (κ2) is 5.61. The fourth-order valence-corrected chi connectivity index (χ4v) is 4.20. The molecule has 6 nitrogen and oxygen atoms in total. The topological polar surface area (TPSA) is 97.7 Å². The summed E-state index contributed by atoms with van der Waals surface area (Å²) in [6.45, 7) is 1.56. The average Bonchev–Trinajstić information content (AvgIpc) is 2.66. The van der Waals surface area contributed by atoms with Gasteiger partial charge in [-0.15, -0.1) is 12.3 Å². The lowest BCUT2D eigenvalue weighted by atomic mass is 9.72. The summed E-state index contributed by atoms with van der Waals surface area (Å²) in [6.07, 6.45) is 4.88. The molecule has 1 heterocycles. The first-order valence-electron chi connectivity index (χ1n) is 5.84. The van der Waals surface area contributed by atoms with Crippen molar-refractivity contribution in [2.75, 3.05) is 18.1 Å². The van der Waals surface area contributed by atoms with Crippen LogP contribution < -0.4 is 0 Å². The number of carbonyl (C=O) groups is 2. The van der Waals surface area contributed by atoms with Crippen molar-refractivity contribution < 1.29 is 27.9 Å². The lowest BCUT2D eigenvalue weighted by Crippen LogP contribution is -2.47. The minimum Gasteiger partial charge on any atom is -0.480 e. The van der Waals surface area contributed by atoms with E-state index in [0.29, 0.717) is 0 Å². The fraction of sp³-hybridized carbons (Fsp3) is 0.667. The Morgan fingerprint density at radius 1 is 1.53 bits per heavy atom. The van der Waals surface area contributed by atoms with Crippen molar-refractivity contribution in [1.29, 1.82) is 0 Å². The summed E-state index contributed by atoms with van der Waals surface area (Å²) in [7, 11) is -3.32. The number of esters is 1. The van der Waals surface area contributed by atoms with E-state index in [-0.39, 0.29) is 31.0 Å². The van der Waals surface area contributed by atoms with Crippen LogP contribution in [0.3, 0.4) is 0 Å². The molecule has 0 aromatic heterocycles. The fourth-order valence-electron chi connectivity index (χ4n) is 2.33. The third-order valence-corrected chi connectivity index (χ3v) is 5.10. The summed E-state index contributed by atoms with van der Waals surface area (Å²) >= 11 is 0. The first-order valence-corrected chi connectivity index (χ1v) is 7.66. The predicted octanol–water partition coefficient (Wildman–Crippen LogP) is 0.0785. The summed E-state index contributed by atoms with van der Waals surface area (Å²) in [4.78, 5) is 23.5. The molecule has 0 aromatic carbocycles. The Hall–Kier alpha value is -1.55. The highest BCUT2D eigenvalue weighted by molar-refractivity contribution is 7.91. The molecule has 7 heteroatoms. The van der Waals surface area contributed by atoms with Crippen LogP contribution in [-0.4, -0.2) is 43.6 Å². The minimum absolute atomic E-state index is 0.0118. The smallest absolute Gasteiger partial charge is 0.324 e. The number of hydrogen-bond donors (Lipinski definition) is 1. The van der Waals surface area contributed by atoms with Gasteiger partial charge in [-0.05, 0) is 13.3 Å². The molecule has 0 amide bonds. The largest absolute Gasteiger partial charge is 0.480 e. The maximum absolute atomic E-state index is 12.0. The summed E-state index contributed by atoms with van der Waals surface area (Å²) < 4.78 is 27.8. The van der Waals surface area contributed by atoms with Crippen LogP contribution >= 0.6 is 0 Å². The second-order valence-corrected chi connectivity index (χ2v) is 6.71. The van der Waals surface area contributed by atoms with Gasteiger partial charge in [0, 0.05) is 12.3 Å². The van der Waals surface area contributed by atoms with E-state index < -0.39 is 33.1 Å². The van der Waals surface area contributed by atoms with Gasteiger partial charge in [-0.2, -0.15) is 0 Å². The van der Waals surface area contributed by atoms with Gasteiger partial charge in [0.25, 0.3) is 0 Å². The van der Waals surface area contributed by atoms with Gasteiger partial charge in [-0.3, -0.25) is 9.59 Å². The number of carbonyl (C=O) groups excluding carboxylic acids is 1. The molecule has 1 saturated heterocycles. The van der Waals surface area contributed by atoms with E-state index in [1.165, 1.54) is 0 Å². The zero-order chi connectivity index (χ0) is 14.7. The molecule has 2 unspecified atom stereocenters. The third kappa shape index (κ3) is 2.89. The molecule has 0 saturated carbocycles. The van der Waals surface area contributed by atoms with Gasteiger partial charge in [0.2, 0.25) is 0 Å². The minimum atomic E-state index is -3.32. The van der Waals surface area contributed by atoms with Crippen LogP contribution in [0.5, 0.6) is 0 Å². The van der Waals surface area contributed by atoms with Gasteiger partial charge in [0.15, 0.2) is 15.3 Å². The van der Waals surface area contributed by atoms with Crippen LogP contribution in [-0.2, 0) is 24.2 Å². The van der Waals surface area contributed by atoms with Crippen LogP contribution in [0, 0.1) is 23.7 Å². The van der Waals surface area contributed by atoms with E-state index in [4.69, 9.17) is 11.2 Å². The number of sulfone groups is 1. The molecular weight excluding hydrogens is 272 g/mol. The van der Waals surface area contributed by atoms with Crippen molar-refractivity contribution in [2.45, 2.75) is 19.8 Å². The molecule has 0 bridgehead atoms. The molecule has 1 N–H and O–H groups in total. The van der Waals surface area contributed by atoms with Gasteiger partial charge < -0.3 is 9.84 Å². The maximum atomic E-state index is 12.0. The highest BCUT2D eigenvalue weighted by atomic mass is 32.2. The first kappa shape index (κ1) is 15.5. The van der Waals surface area contributed by atoms with Gasteiger partial charge >= 0.3 is 11.9 Å². The Balaban J connectivity index is 3.22. The van der Waals surface area contributed by atoms with Gasteiger partial charge in [-0.1, -0.05) is 0 Å². The van der Waals surface area contributed by atoms with Crippen molar-refractivity contribution in [1.82, 2.24) is 0 Å². The van der Waals surface area contributed by atoms with E-state index in [1.807, 2.05) is 0 Å². The Morgan fingerprint density at radius 2 is 2.16 bits per heavy atom. The third-order valence-electron chi connectivity index (χ3n) is 3.33. The van der Waals surface area contributed by atoms with Crippen LogP contribution in [0.2, 0.25) is 0 Å². The number of terminal acetylenes is 1. The van der Waals surface area contributed by atoms with Gasteiger partial charge in [0.1, 0.15) is 0 Å². The van der Waals surface area contributed by atoms with Crippen molar-refractivity contribution in [2.24, 2.45) is 11.3 Å². The van der Waals surface area contributed by atoms with Crippen molar-refractivity contribution >= 4 is 21.8 Å². The average molecular weight is 288 g/mol. The predicted molar refractivity (Wildman–Crippen MR) is 66.9 cm³/mol. The Kier molecular flexibility index (Phi) is 4.58. The zero-order valence-corrected chi connectivity index (χ0v) is 11.4. The molecular formula is C12H16O6S. The molecule has 19 heavy (non-hydrogen) atoms. The molecule has 1 aliphatic heterocycles. The lowest BCUT2D eigenvalue weighted by Gasteiger charge is -2.30. The van der Waals surface area contributed by atoms with Crippen molar-refractivity contribution in [3.05, 3.63) is 0 Å². The van der Waals surface area contributed by atoms with Crippen molar-refractivity contribution in [3.8, 4) is 12.3 Å². The van der Waals surface area contributed by atoms with E-state index in [0.717, 1.165) is 0 Å². The van der Waals surface area contributed by atoms with E-state index in [2.05, 4.69) is 5.92 Å². The Bertz CT molecular complexity index is 515. The molecule has 0 radical (unpaired) electrons. The zero-order valence-electron chi connectivity index (χ0n) is 10.6. The van der Waals surface area contributed by atoms with E-state index in [9.17, 15) is 23.1 Å². The summed E-state index contributed by atoms with van der Waals surface area (Å²) in [5.41, 5.74) is -1.96. The number of carboxylic acids is 1. The highest BCUT2D eigenvalue weighted by Gasteiger charge is 2.56. The van der Waals surface area contributed by atoms with Crippen LogP contribution in [0.4, 0.5) is 0 Å². The second-order valence-electron chi connectivity index (χ2n) is 4.48. The van der Waals surface area contributed by atoms with Crippen molar-refractivity contribution in [3.63, 3.8) is 0 Å². The number of hydrogen-bond acceptors (Lipinski definition) is 5. The Labute approximate surface area is 112 Å². The molecule has 1 rings (SSSR count). The molecule has 0 spiro atoms. The maximum Gasteiger partial charge on any atom is 0.324 e. The normalized spacial score (nSPS) is 24.1. The highest BCUT2D eigenvalue weighted by Crippen LogP contribution is 2.40. The van der Waals surface area contributed by atoms with Gasteiger partial charge in [-0.25, -0.2) is 8.42 Å². The van der Waals surface area contributed by atoms with Gasteiger partial charge in [0.05, 0.1) is 18.1 Å². The molecule has 1 aliphatic rings. The van der Waals surface area contributed by atoms with Crippen LogP contribution in [0.15, 0.2) is 0 Å². The summed E-state index contributed by atoms with van der Waals surface area (Å²) in [5, 5.41) is 9.39. The van der Waals surface area contributed by atoms with Crippen LogP contribution in [0.25, 0.3) is 0 Å². The molecule has 1 fully saturated rings. The van der Waals surface area contributed by atoms with E-state index in [1.54, 1.807) is 6.92 Å².